The molecule has 4 aromatic rings. The molecule has 138 valence electrons. The van der Waals surface area contributed by atoms with E-state index >= 15 is 0 Å². The maximum atomic E-state index is 13.0. The van der Waals surface area contributed by atoms with E-state index in [4.69, 9.17) is 0 Å². The van der Waals surface area contributed by atoms with Crippen molar-refractivity contribution in [3.8, 4) is 0 Å². The standard InChI is InChI=1S/C17H11F3N4OS2/c18-17(19,20)10-3-1-2-4-11(10)22-15(25)8-27-16-13-7-14-12(5-6-26-14)24(13)9-21-23-16/h1-7,9H,8H2,(H,22,25). The van der Waals surface area contributed by atoms with Crippen LogP contribution in [0.1, 0.15) is 5.56 Å². The van der Waals surface area contributed by atoms with Crippen LogP contribution in [-0.4, -0.2) is 26.3 Å². The molecule has 27 heavy (non-hydrogen) atoms. The maximum absolute atomic E-state index is 13.0. The van der Waals surface area contributed by atoms with Crippen LogP contribution in [0.2, 0.25) is 0 Å². The molecule has 0 aliphatic heterocycles. The molecular weight excluding hydrogens is 397 g/mol. The van der Waals surface area contributed by atoms with Gasteiger partial charge in [0.05, 0.1) is 32.7 Å². The molecule has 0 atom stereocenters. The SMILES string of the molecule is O=C(CSc1nncn2c1cc1sccc12)Nc1ccccc1C(F)(F)F. The van der Waals surface area contributed by atoms with E-state index in [0.717, 1.165) is 33.6 Å². The molecule has 3 heterocycles. The Bertz CT molecular complexity index is 1140. The van der Waals surface area contributed by atoms with E-state index in [1.165, 1.54) is 18.2 Å². The highest BCUT2D eigenvalue weighted by Gasteiger charge is 2.33. The first-order chi connectivity index (χ1) is 12.9. The number of fused-ring (bicyclic) bond motifs is 3. The van der Waals surface area contributed by atoms with Crippen LogP contribution < -0.4 is 5.32 Å². The molecule has 0 saturated carbocycles. The summed E-state index contributed by atoms with van der Waals surface area (Å²) in [5, 5.41) is 12.8. The quantitative estimate of drug-likeness (QED) is 0.498. The molecule has 0 aliphatic rings. The fourth-order valence-electron chi connectivity index (χ4n) is 2.68. The monoisotopic (exact) mass is 408 g/mol. The normalized spacial score (nSPS) is 12.0. The average molecular weight is 408 g/mol. The van der Waals surface area contributed by atoms with Crippen LogP contribution in [0.5, 0.6) is 0 Å². The number of amides is 1. The summed E-state index contributed by atoms with van der Waals surface area (Å²) in [5.74, 6) is -0.631. The number of halogens is 3. The van der Waals surface area contributed by atoms with E-state index < -0.39 is 17.6 Å². The number of nitrogens with one attached hydrogen (secondary N) is 1. The lowest BCUT2D eigenvalue weighted by Gasteiger charge is -2.13. The molecule has 0 radical (unpaired) electrons. The van der Waals surface area contributed by atoms with Crippen molar-refractivity contribution in [2.24, 2.45) is 0 Å². The third-order valence-corrected chi connectivity index (χ3v) is 5.67. The summed E-state index contributed by atoms with van der Waals surface area (Å²) in [7, 11) is 0. The summed E-state index contributed by atoms with van der Waals surface area (Å²) in [6.07, 6.45) is -2.94. The zero-order valence-corrected chi connectivity index (χ0v) is 15.2. The number of thiophene rings is 1. The minimum absolute atomic E-state index is 0.0840. The number of anilines is 1. The zero-order chi connectivity index (χ0) is 19.0. The highest BCUT2D eigenvalue weighted by molar-refractivity contribution is 8.00. The van der Waals surface area contributed by atoms with Crippen LogP contribution in [0.15, 0.2) is 53.1 Å². The molecule has 3 aromatic heterocycles. The molecule has 4 rings (SSSR count). The van der Waals surface area contributed by atoms with Crippen LogP contribution in [0.4, 0.5) is 18.9 Å². The van der Waals surface area contributed by atoms with Crippen molar-refractivity contribution in [2.75, 3.05) is 11.1 Å². The lowest BCUT2D eigenvalue weighted by atomic mass is 10.1. The summed E-state index contributed by atoms with van der Waals surface area (Å²) in [6.45, 7) is 0. The van der Waals surface area contributed by atoms with E-state index in [1.54, 1.807) is 17.7 Å². The number of rotatable bonds is 4. The van der Waals surface area contributed by atoms with Crippen molar-refractivity contribution < 1.29 is 18.0 Å². The van der Waals surface area contributed by atoms with Crippen LogP contribution in [0.25, 0.3) is 15.7 Å². The van der Waals surface area contributed by atoms with Gasteiger partial charge in [-0.2, -0.15) is 13.2 Å². The number of aromatic nitrogens is 3. The summed E-state index contributed by atoms with van der Waals surface area (Å²) in [4.78, 5) is 12.2. The van der Waals surface area contributed by atoms with Crippen molar-refractivity contribution in [3.05, 3.63) is 53.7 Å². The van der Waals surface area contributed by atoms with Gasteiger partial charge in [-0.3, -0.25) is 9.20 Å². The number of para-hydroxylation sites is 1. The number of carbonyl (C=O) groups excluding carboxylic acids is 1. The van der Waals surface area contributed by atoms with Gasteiger partial charge in [0, 0.05) is 0 Å². The van der Waals surface area contributed by atoms with Crippen molar-refractivity contribution in [1.29, 1.82) is 0 Å². The Morgan fingerprint density at radius 2 is 2.04 bits per heavy atom. The predicted octanol–water partition coefficient (Wildman–Crippen LogP) is 4.69. The van der Waals surface area contributed by atoms with Gasteiger partial charge >= 0.3 is 6.18 Å². The molecular formula is C17H11F3N4OS2. The molecule has 1 aromatic carbocycles. The predicted molar refractivity (Wildman–Crippen MR) is 99.2 cm³/mol. The minimum atomic E-state index is -4.54. The van der Waals surface area contributed by atoms with Gasteiger partial charge < -0.3 is 5.32 Å². The number of hydrogen-bond acceptors (Lipinski definition) is 5. The van der Waals surface area contributed by atoms with Gasteiger partial charge in [-0.1, -0.05) is 23.9 Å². The molecule has 0 saturated heterocycles. The fourth-order valence-corrected chi connectivity index (χ4v) is 4.24. The first kappa shape index (κ1) is 17.8. The average Bonchev–Trinajstić information content (AvgIpc) is 3.21. The summed E-state index contributed by atoms with van der Waals surface area (Å²) < 4.78 is 42.0. The van der Waals surface area contributed by atoms with Crippen molar-refractivity contribution in [3.63, 3.8) is 0 Å². The van der Waals surface area contributed by atoms with Gasteiger partial charge in [0.2, 0.25) is 5.91 Å². The van der Waals surface area contributed by atoms with Gasteiger partial charge in [0.15, 0.2) is 0 Å². The van der Waals surface area contributed by atoms with E-state index in [1.807, 2.05) is 21.9 Å². The largest absolute Gasteiger partial charge is 0.418 e. The zero-order valence-electron chi connectivity index (χ0n) is 13.5. The molecule has 10 heteroatoms. The molecule has 0 aliphatic carbocycles. The lowest BCUT2D eigenvalue weighted by molar-refractivity contribution is -0.137. The van der Waals surface area contributed by atoms with Gasteiger partial charge in [0.25, 0.3) is 0 Å². The first-order valence-electron chi connectivity index (χ1n) is 7.72. The number of alkyl halides is 3. The Morgan fingerprint density at radius 3 is 2.85 bits per heavy atom. The van der Waals surface area contributed by atoms with Gasteiger partial charge in [-0.25, -0.2) is 0 Å². The maximum Gasteiger partial charge on any atom is 0.418 e. The smallest absolute Gasteiger partial charge is 0.325 e. The second-order valence-corrected chi connectivity index (χ2v) is 7.50. The second kappa shape index (κ2) is 6.86. The first-order valence-corrected chi connectivity index (χ1v) is 9.59. The number of thioether (sulfide) groups is 1. The Morgan fingerprint density at radius 1 is 1.22 bits per heavy atom. The number of nitrogens with zero attached hydrogens (tertiary/aromatic N) is 3. The molecule has 0 spiro atoms. The Hall–Kier alpha value is -2.59. The summed E-state index contributed by atoms with van der Waals surface area (Å²) in [5.41, 5.74) is 0.663. The highest BCUT2D eigenvalue weighted by Crippen LogP contribution is 2.35. The van der Waals surface area contributed by atoms with Crippen LogP contribution in [0.3, 0.4) is 0 Å². The highest BCUT2D eigenvalue weighted by atomic mass is 32.2. The molecule has 1 N–H and O–H groups in total. The molecule has 0 unspecified atom stereocenters. The van der Waals surface area contributed by atoms with Crippen LogP contribution in [0, 0.1) is 0 Å². The van der Waals surface area contributed by atoms with Crippen molar-refractivity contribution >= 4 is 50.4 Å². The van der Waals surface area contributed by atoms with E-state index in [2.05, 4.69) is 15.5 Å². The fraction of sp³-hybridized carbons (Fsp3) is 0.118. The molecule has 0 fully saturated rings. The topological polar surface area (TPSA) is 59.3 Å². The molecule has 0 bridgehead atoms. The van der Waals surface area contributed by atoms with E-state index in [0.29, 0.717) is 5.03 Å². The van der Waals surface area contributed by atoms with Gasteiger partial charge in [-0.05, 0) is 29.6 Å². The minimum Gasteiger partial charge on any atom is -0.325 e. The molecule has 5 nitrogen and oxygen atoms in total. The van der Waals surface area contributed by atoms with E-state index in [-0.39, 0.29) is 11.4 Å². The van der Waals surface area contributed by atoms with Crippen molar-refractivity contribution in [1.82, 2.24) is 14.6 Å². The third-order valence-electron chi connectivity index (χ3n) is 3.84. The van der Waals surface area contributed by atoms with E-state index in [9.17, 15) is 18.0 Å². The summed E-state index contributed by atoms with van der Waals surface area (Å²) >= 11 is 2.71. The Labute approximate surface area is 159 Å². The number of hydrogen-bond donors (Lipinski definition) is 1. The lowest BCUT2D eigenvalue weighted by Crippen LogP contribution is -2.18. The third kappa shape index (κ3) is 3.50. The van der Waals surface area contributed by atoms with Crippen LogP contribution in [-0.2, 0) is 11.0 Å². The van der Waals surface area contributed by atoms with Gasteiger partial charge in [-0.15, -0.1) is 21.5 Å². The summed E-state index contributed by atoms with van der Waals surface area (Å²) in [6, 6.07) is 8.80. The number of carbonyl (C=O) groups is 1. The molecule has 1 amide bonds. The Kier molecular flexibility index (Phi) is 4.52. The van der Waals surface area contributed by atoms with Crippen molar-refractivity contribution in [2.45, 2.75) is 11.2 Å². The second-order valence-electron chi connectivity index (χ2n) is 5.59. The number of benzene rings is 1. The van der Waals surface area contributed by atoms with Crippen LogP contribution >= 0.6 is 23.1 Å². The Balaban J connectivity index is 1.51. The van der Waals surface area contributed by atoms with Gasteiger partial charge in [0.1, 0.15) is 11.4 Å².